The SMILES string of the molecule is Cc1cccc(Cl)c1NC(=S)NCC(C)C. The summed E-state index contributed by atoms with van der Waals surface area (Å²) < 4.78 is 0. The molecule has 0 unspecified atom stereocenters. The molecule has 2 nitrogen and oxygen atoms in total. The molecule has 0 spiro atoms. The van der Waals surface area contributed by atoms with E-state index < -0.39 is 0 Å². The Morgan fingerprint density at radius 3 is 2.69 bits per heavy atom. The second-order valence-corrected chi connectivity index (χ2v) is 4.98. The zero-order valence-corrected chi connectivity index (χ0v) is 11.4. The van der Waals surface area contributed by atoms with Gasteiger partial charge in [0.1, 0.15) is 0 Å². The summed E-state index contributed by atoms with van der Waals surface area (Å²) in [5.74, 6) is 0.562. The molecule has 0 aliphatic carbocycles. The van der Waals surface area contributed by atoms with Crippen molar-refractivity contribution in [2.45, 2.75) is 20.8 Å². The molecule has 0 radical (unpaired) electrons. The number of nitrogens with one attached hydrogen (secondary N) is 2. The van der Waals surface area contributed by atoms with Crippen LogP contribution in [0.1, 0.15) is 19.4 Å². The molecule has 1 rings (SSSR count). The number of thiocarbonyl (C=S) groups is 1. The molecule has 0 aliphatic heterocycles. The topological polar surface area (TPSA) is 24.1 Å². The van der Waals surface area contributed by atoms with Gasteiger partial charge in [0.05, 0.1) is 10.7 Å². The average molecular weight is 257 g/mol. The van der Waals surface area contributed by atoms with Crippen molar-refractivity contribution in [2.24, 2.45) is 5.92 Å². The van der Waals surface area contributed by atoms with Crippen LogP contribution in [0.15, 0.2) is 18.2 Å². The lowest BCUT2D eigenvalue weighted by molar-refractivity contribution is 0.627. The molecule has 1 aromatic rings. The highest BCUT2D eigenvalue weighted by atomic mass is 35.5. The van der Waals surface area contributed by atoms with E-state index in [4.69, 9.17) is 23.8 Å². The van der Waals surface area contributed by atoms with Crippen molar-refractivity contribution < 1.29 is 0 Å². The quantitative estimate of drug-likeness (QED) is 0.809. The zero-order chi connectivity index (χ0) is 12.1. The summed E-state index contributed by atoms with van der Waals surface area (Å²) in [6.07, 6.45) is 0. The van der Waals surface area contributed by atoms with E-state index in [1.54, 1.807) is 0 Å². The van der Waals surface area contributed by atoms with E-state index in [2.05, 4.69) is 24.5 Å². The third-order valence-corrected chi connectivity index (χ3v) is 2.69. The van der Waals surface area contributed by atoms with Gasteiger partial charge in [0, 0.05) is 6.54 Å². The van der Waals surface area contributed by atoms with Crippen molar-refractivity contribution in [3.05, 3.63) is 28.8 Å². The van der Waals surface area contributed by atoms with Gasteiger partial charge in [-0.2, -0.15) is 0 Å². The molecule has 4 heteroatoms. The highest BCUT2D eigenvalue weighted by Crippen LogP contribution is 2.24. The van der Waals surface area contributed by atoms with E-state index in [0.717, 1.165) is 17.8 Å². The molecule has 0 amide bonds. The Morgan fingerprint density at radius 2 is 2.12 bits per heavy atom. The summed E-state index contributed by atoms with van der Waals surface area (Å²) in [7, 11) is 0. The van der Waals surface area contributed by atoms with E-state index in [1.165, 1.54) is 0 Å². The lowest BCUT2D eigenvalue weighted by atomic mass is 10.2. The van der Waals surface area contributed by atoms with Crippen molar-refractivity contribution in [2.75, 3.05) is 11.9 Å². The van der Waals surface area contributed by atoms with Crippen LogP contribution < -0.4 is 10.6 Å². The van der Waals surface area contributed by atoms with Crippen molar-refractivity contribution in [3.8, 4) is 0 Å². The van der Waals surface area contributed by atoms with E-state index in [0.29, 0.717) is 16.1 Å². The first kappa shape index (κ1) is 13.3. The normalized spacial score (nSPS) is 10.3. The van der Waals surface area contributed by atoms with Crippen molar-refractivity contribution in [3.63, 3.8) is 0 Å². The number of halogens is 1. The molecule has 1 aromatic carbocycles. The van der Waals surface area contributed by atoms with Gasteiger partial charge in [-0.15, -0.1) is 0 Å². The van der Waals surface area contributed by atoms with Crippen LogP contribution in [0.5, 0.6) is 0 Å². The van der Waals surface area contributed by atoms with Crippen LogP contribution in [-0.2, 0) is 0 Å². The maximum Gasteiger partial charge on any atom is 0.170 e. The number of rotatable bonds is 3. The fourth-order valence-corrected chi connectivity index (χ4v) is 1.70. The minimum Gasteiger partial charge on any atom is -0.362 e. The molecule has 2 N–H and O–H groups in total. The minimum absolute atomic E-state index is 0.562. The molecule has 0 aliphatic rings. The molecule has 0 fully saturated rings. The maximum atomic E-state index is 6.09. The van der Waals surface area contributed by atoms with Crippen LogP contribution in [0.4, 0.5) is 5.69 Å². The van der Waals surface area contributed by atoms with E-state index >= 15 is 0 Å². The number of anilines is 1. The zero-order valence-electron chi connectivity index (χ0n) is 9.80. The van der Waals surface area contributed by atoms with Gasteiger partial charge in [0.25, 0.3) is 0 Å². The van der Waals surface area contributed by atoms with Crippen LogP contribution >= 0.6 is 23.8 Å². The molecule has 0 aromatic heterocycles. The van der Waals surface area contributed by atoms with Gasteiger partial charge in [-0.1, -0.05) is 37.6 Å². The first-order chi connectivity index (χ1) is 7.50. The van der Waals surface area contributed by atoms with E-state index in [-0.39, 0.29) is 0 Å². The molecule has 0 atom stereocenters. The highest BCUT2D eigenvalue weighted by Gasteiger charge is 2.05. The standard InChI is InChI=1S/C12H17ClN2S/c1-8(2)7-14-12(16)15-11-9(3)5-4-6-10(11)13/h4-6,8H,7H2,1-3H3,(H2,14,15,16). The Bertz CT molecular complexity index is 357. The molecular weight excluding hydrogens is 240 g/mol. The monoisotopic (exact) mass is 256 g/mol. The Kier molecular flexibility index (Phi) is 5.03. The molecule has 0 saturated carbocycles. The van der Waals surface area contributed by atoms with Gasteiger partial charge in [-0.25, -0.2) is 0 Å². The van der Waals surface area contributed by atoms with Gasteiger partial charge in [0.2, 0.25) is 0 Å². The Morgan fingerprint density at radius 1 is 1.44 bits per heavy atom. The van der Waals surface area contributed by atoms with E-state index in [9.17, 15) is 0 Å². The summed E-state index contributed by atoms with van der Waals surface area (Å²) in [6.45, 7) is 7.13. The first-order valence-corrected chi connectivity index (χ1v) is 6.09. The predicted octanol–water partition coefficient (Wildman–Crippen LogP) is 3.59. The van der Waals surface area contributed by atoms with Crippen molar-refractivity contribution in [1.29, 1.82) is 0 Å². The van der Waals surface area contributed by atoms with Crippen LogP contribution in [0, 0.1) is 12.8 Å². The molecule has 0 bridgehead atoms. The average Bonchev–Trinajstić information content (AvgIpc) is 2.21. The Labute approximate surface area is 107 Å². The predicted molar refractivity (Wildman–Crippen MR) is 75.3 cm³/mol. The van der Waals surface area contributed by atoms with Gasteiger partial charge >= 0.3 is 0 Å². The lowest BCUT2D eigenvalue weighted by Gasteiger charge is -2.14. The summed E-state index contributed by atoms with van der Waals surface area (Å²) >= 11 is 11.3. The first-order valence-electron chi connectivity index (χ1n) is 5.30. The molecular formula is C12H17ClN2S. The minimum atomic E-state index is 0.562. The van der Waals surface area contributed by atoms with Gasteiger partial charge in [-0.05, 0) is 36.7 Å². The van der Waals surface area contributed by atoms with Crippen LogP contribution in [-0.4, -0.2) is 11.7 Å². The largest absolute Gasteiger partial charge is 0.362 e. The van der Waals surface area contributed by atoms with Gasteiger partial charge in [-0.3, -0.25) is 0 Å². The van der Waals surface area contributed by atoms with Crippen molar-refractivity contribution >= 4 is 34.6 Å². The summed E-state index contributed by atoms with van der Waals surface area (Å²) in [5, 5.41) is 7.57. The second-order valence-electron chi connectivity index (χ2n) is 4.16. The number of aryl methyl sites for hydroxylation is 1. The Balaban J connectivity index is 2.63. The fraction of sp³-hybridized carbons (Fsp3) is 0.417. The van der Waals surface area contributed by atoms with Crippen LogP contribution in [0.2, 0.25) is 5.02 Å². The molecule has 88 valence electrons. The highest BCUT2D eigenvalue weighted by molar-refractivity contribution is 7.80. The fourth-order valence-electron chi connectivity index (χ4n) is 1.24. The number of hydrogen-bond donors (Lipinski definition) is 2. The van der Waals surface area contributed by atoms with Crippen molar-refractivity contribution in [1.82, 2.24) is 5.32 Å². The van der Waals surface area contributed by atoms with Crippen LogP contribution in [0.25, 0.3) is 0 Å². The third-order valence-electron chi connectivity index (χ3n) is 2.13. The summed E-state index contributed by atoms with van der Waals surface area (Å²) in [4.78, 5) is 0. The maximum absolute atomic E-state index is 6.09. The van der Waals surface area contributed by atoms with Crippen LogP contribution in [0.3, 0.4) is 0 Å². The lowest BCUT2D eigenvalue weighted by Crippen LogP contribution is -2.31. The smallest absolute Gasteiger partial charge is 0.170 e. The summed E-state index contributed by atoms with van der Waals surface area (Å²) in [5.41, 5.74) is 1.96. The third kappa shape index (κ3) is 3.99. The Hall–Kier alpha value is -0.800. The summed E-state index contributed by atoms with van der Waals surface area (Å²) in [6, 6.07) is 5.77. The molecule has 0 saturated heterocycles. The molecule has 0 heterocycles. The number of para-hydroxylation sites is 1. The van der Waals surface area contributed by atoms with Gasteiger partial charge < -0.3 is 10.6 Å². The van der Waals surface area contributed by atoms with E-state index in [1.807, 2.05) is 25.1 Å². The van der Waals surface area contributed by atoms with Gasteiger partial charge in [0.15, 0.2) is 5.11 Å². The number of benzene rings is 1. The molecule has 16 heavy (non-hydrogen) atoms. The number of hydrogen-bond acceptors (Lipinski definition) is 1. The second kappa shape index (κ2) is 6.06.